The lowest BCUT2D eigenvalue weighted by atomic mass is 9.95. The minimum atomic E-state index is -0.884. The third kappa shape index (κ3) is 3.65. The van der Waals surface area contributed by atoms with E-state index in [0.29, 0.717) is 12.2 Å². The molecule has 2 unspecified atom stereocenters. The maximum absolute atomic E-state index is 13.4. The number of ketones is 1. The SMILES string of the molecule is O=C1C(=O)N(CC2CCCO2)C(c2ccc(F)cc2)C1=C(O)c1ccc(F)cc1. The molecule has 4 rings (SSSR count). The molecule has 0 spiro atoms. The molecular weight excluding hydrogens is 380 g/mol. The fraction of sp³-hybridized carbons (Fsp3) is 0.273. The smallest absolute Gasteiger partial charge is 0.295 e. The Morgan fingerprint density at radius 2 is 1.66 bits per heavy atom. The minimum Gasteiger partial charge on any atom is -0.507 e. The van der Waals surface area contributed by atoms with E-state index >= 15 is 0 Å². The average molecular weight is 399 g/mol. The molecule has 0 aliphatic carbocycles. The van der Waals surface area contributed by atoms with Crippen LogP contribution in [0.25, 0.3) is 5.76 Å². The van der Waals surface area contributed by atoms with Gasteiger partial charge in [-0.05, 0) is 54.8 Å². The summed E-state index contributed by atoms with van der Waals surface area (Å²) in [5.41, 5.74) is 0.604. The monoisotopic (exact) mass is 399 g/mol. The summed E-state index contributed by atoms with van der Waals surface area (Å²) in [7, 11) is 0. The molecule has 5 nitrogen and oxygen atoms in total. The first-order valence-electron chi connectivity index (χ1n) is 9.37. The number of hydrogen-bond acceptors (Lipinski definition) is 4. The highest BCUT2D eigenvalue weighted by molar-refractivity contribution is 6.46. The van der Waals surface area contributed by atoms with Gasteiger partial charge in [-0.2, -0.15) is 0 Å². The summed E-state index contributed by atoms with van der Waals surface area (Å²) >= 11 is 0. The maximum atomic E-state index is 13.4. The van der Waals surface area contributed by atoms with Crippen LogP contribution in [-0.4, -0.2) is 41.0 Å². The minimum absolute atomic E-state index is 0.105. The third-order valence-electron chi connectivity index (χ3n) is 5.27. The lowest BCUT2D eigenvalue weighted by Crippen LogP contribution is -2.36. The van der Waals surface area contributed by atoms with Crippen molar-refractivity contribution in [2.45, 2.75) is 25.0 Å². The van der Waals surface area contributed by atoms with Gasteiger partial charge in [0, 0.05) is 18.7 Å². The van der Waals surface area contributed by atoms with Crippen LogP contribution in [0.15, 0.2) is 54.1 Å². The van der Waals surface area contributed by atoms with Crippen LogP contribution in [0.5, 0.6) is 0 Å². The summed E-state index contributed by atoms with van der Waals surface area (Å²) in [5.74, 6) is -2.93. The zero-order chi connectivity index (χ0) is 20.5. The molecule has 2 aliphatic rings. The molecule has 2 atom stereocenters. The van der Waals surface area contributed by atoms with Gasteiger partial charge in [-0.25, -0.2) is 8.78 Å². The van der Waals surface area contributed by atoms with Crippen LogP contribution < -0.4 is 0 Å². The van der Waals surface area contributed by atoms with Crippen molar-refractivity contribution < 1.29 is 28.2 Å². The topological polar surface area (TPSA) is 66.8 Å². The molecule has 29 heavy (non-hydrogen) atoms. The van der Waals surface area contributed by atoms with E-state index in [4.69, 9.17) is 4.74 Å². The number of benzene rings is 2. The third-order valence-corrected chi connectivity index (χ3v) is 5.27. The fourth-order valence-corrected chi connectivity index (χ4v) is 3.83. The zero-order valence-corrected chi connectivity index (χ0v) is 15.5. The second-order valence-corrected chi connectivity index (χ2v) is 7.14. The number of halogens is 2. The highest BCUT2D eigenvalue weighted by atomic mass is 19.1. The van der Waals surface area contributed by atoms with Crippen LogP contribution >= 0.6 is 0 Å². The van der Waals surface area contributed by atoms with Gasteiger partial charge in [0.15, 0.2) is 0 Å². The number of aliphatic hydroxyl groups excluding tert-OH is 1. The highest BCUT2D eigenvalue weighted by Gasteiger charge is 2.47. The summed E-state index contributed by atoms with van der Waals surface area (Å²) in [6.45, 7) is 0.776. The Morgan fingerprint density at radius 3 is 2.24 bits per heavy atom. The van der Waals surface area contributed by atoms with Crippen molar-refractivity contribution in [3.05, 3.63) is 76.9 Å². The van der Waals surface area contributed by atoms with Crippen molar-refractivity contribution in [1.29, 1.82) is 0 Å². The van der Waals surface area contributed by atoms with E-state index in [0.717, 1.165) is 25.0 Å². The van der Waals surface area contributed by atoms with Crippen LogP contribution in [0, 0.1) is 11.6 Å². The van der Waals surface area contributed by atoms with Crippen LogP contribution in [0.4, 0.5) is 8.78 Å². The van der Waals surface area contributed by atoms with Gasteiger partial charge in [0.2, 0.25) is 0 Å². The van der Waals surface area contributed by atoms with E-state index in [2.05, 4.69) is 0 Å². The van der Waals surface area contributed by atoms with Crippen LogP contribution in [0.2, 0.25) is 0 Å². The molecule has 2 fully saturated rings. The molecule has 1 amide bonds. The molecule has 2 aromatic carbocycles. The van der Waals surface area contributed by atoms with Crippen molar-refractivity contribution >= 4 is 17.4 Å². The summed E-state index contributed by atoms with van der Waals surface area (Å²) in [4.78, 5) is 27.0. The predicted molar refractivity (Wildman–Crippen MR) is 101 cm³/mol. The highest BCUT2D eigenvalue weighted by Crippen LogP contribution is 2.40. The van der Waals surface area contributed by atoms with Crippen LogP contribution in [0.3, 0.4) is 0 Å². The largest absolute Gasteiger partial charge is 0.507 e. The summed E-state index contributed by atoms with van der Waals surface area (Å²) in [6, 6.07) is 9.52. The van der Waals surface area contributed by atoms with Gasteiger partial charge in [0.1, 0.15) is 17.4 Å². The van der Waals surface area contributed by atoms with Gasteiger partial charge in [-0.1, -0.05) is 12.1 Å². The van der Waals surface area contributed by atoms with E-state index in [1.807, 2.05) is 0 Å². The molecule has 2 saturated heterocycles. The summed E-state index contributed by atoms with van der Waals surface area (Å²) < 4.78 is 32.3. The molecule has 1 N–H and O–H groups in total. The number of carbonyl (C=O) groups excluding carboxylic acids is 2. The van der Waals surface area contributed by atoms with Crippen molar-refractivity contribution in [2.24, 2.45) is 0 Å². The van der Waals surface area contributed by atoms with Gasteiger partial charge in [0.25, 0.3) is 11.7 Å². The Labute approximate surface area is 166 Å². The number of ether oxygens (including phenoxy) is 1. The quantitative estimate of drug-likeness (QED) is 0.485. The van der Waals surface area contributed by atoms with Crippen molar-refractivity contribution in [2.75, 3.05) is 13.2 Å². The molecule has 0 radical (unpaired) electrons. The van der Waals surface area contributed by atoms with E-state index in [-0.39, 0.29) is 23.8 Å². The molecule has 2 aliphatic heterocycles. The number of aliphatic hydroxyl groups is 1. The Morgan fingerprint density at radius 1 is 1.03 bits per heavy atom. The number of hydrogen-bond donors (Lipinski definition) is 1. The maximum Gasteiger partial charge on any atom is 0.295 e. The number of carbonyl (C=O) groups is 2. The number of amides is 1. The number of likely N-dealkylation sites (tertiary alicyclic amines) is 1. The second-order valence-electron chi connectivity index (χ2n) is 7.14. The van der Waals surface area contributed by atoms with Crippen LogP contribution in [-0.2, 0) is 14.3 Å². The Balaban J connectivity index is 1.81. The van der Waals surface area contributed by atoms with Crippen molar-refractivity contribution in [3.8, 4) is 0 Å². The van der Waals surface area contributed by atoms with E-state index in [9.17, 15) is 23.5 Å². The molecular formula is C22H19F2NO4. The van der Waals surface area contributed by atoms with Gasteiger partial charge < -0.3 is 14.7 Å². The predicted octanol–water partition coefficient (Wildman–Crippen LogP) is 3.57. The lowest BCUT2D eigenvalue weighted by Gasteiger charge is -2.27. The zero-order valence-electron chi connectivity index (χ0n) is 15.5. The standard InChI is InChI=1S/C22H19F2NO4/c23-15-7-3-13(4-8-15)19-18(20(26)14-5-9-16(24)10-6-14)21(27)22(28)25(19)12-17-2-1-11-29-17/h3-10,17,19,26H,1-2,11-12H2. The summed E-state index contributed by atoms with van der Waals surface area (Å²) in [5, 5.41) is 10.8. The molecule has 0 aromatic heterocycles. The van der Waals surface area contributed by atoms with E-state index < -0.39 is 35.1 Å². The van der Waals surface area contributed by atoms with Crippen molar-refractivity contribution in [1.82, 2.24) is 4.90 Å². The first kappa shape index (κ1) is 19.3. The Bertz CT molecular complexity index is 963. The molecule has 7 heteroatoms. The number of nitrogens with zero attached hydrogens (tertiary/aromatic N) is 1. The Hall–Kier alpha value is -3.06. The normalized spacial score (nSPS) is 23.7. The Kier molecular flexibility index (Phi) is 5.15. The lowest BCUT2D eigenvalue weighted by molar-refractivity contribution is -0.140. The van der Waals surface area contributed by atoms with E-state index in [1.165, 1.54) is 41.3 Å². The van der Waals surface area contributed by atoms with Gasteiger partial charge in [-0.15, -0.1) is 0 Å². The van der Waals surface area contributed by atoms with Crippen LogP contribution in [0.1, 0.15) is 30.0 Å². The first-order valence-corrected chi connectivity index (χ1v) is 9.37. The molecule has 2 aromatic rings. The van der Waals surface area contributed by atoms with Gasteiger partial charge >= 0.3 is 0 Å². The molecule has 0 saturated carbocycles. The average Bonchev–Trinajstić information content (AvgIpc) is 3.31. The molecule has 2 heterocycles. The van der Waals surface area contributed by atoms with Gasteiger partial charge in [-0.3, -0.25) is 9.59 Å². The fourth-order valence-electron chi connectivity index (χ4n) is 3.83. The van der Waals surface area contributed by atoms with Gasteiger partial charge in [0.05, 0.1) is 17.7 Å². The number of Topliss-reactive ketones (excluding diaryl/α,β-unsaturated/α-hetero) is 1. The van der Waals surface area contributed by atoms with Crippen molar-refractivity contribution in [3.63, 3.8) is 0 Å². The first-order chi connectivity index (χ1) is 14.0. The summed E-state index contributed by atoms with van der Waals surface area (Å²) in [6.07, 6.45) is 1.42. The second kappa shape index (κ2) is 7.75. The number of rotatable bonds is 4. The molecule has 150 valence electrons. The van der Waals surface area contributed by atoms with E-state index in [1.54, 1.807) is 0 Å². The molecule has 0 bridgehead atoms.